The van der Waals surface area contributed by atoms with Gasteiger partial charge in [-0.1, -0.05) is 0 Å². The van der Waals surface area contributed by atoms with Crippen LogP contribution in [-0.2, 0) is 0 Å². The van der Waals surface area contributed by atoms with Crippen LogP contribution in [0.4, 0.5) is 30.7 Å². The number of halogens is 7. The van der Waals surface area contributed by atoms with Crippen molar-refractivity contribution < 1.29 is 30.7 Å². The summed E-state index contributed by atoms with van der Waals surface area (Å²) in [4.78, 5) is 0. The van der Waals surface area contributed by atoms with Gasteiger partial charge >= 0.3 is 18.0 Å². The van der Waals surface area contributed by atoms with Crippen molar-refractivity contribution in [2.75, 3.05) is 0 Å². The summed E-state index contributed by atoms with van der Waals surface area (Å²) >= 11 is 0. The maximum Gasteiger partial charge on any atom is 0.459 e. The molecular weight excluding hydrogens is 231 g/mol. The summed E-state index contributed by atoms with van der Waals surface area (Å²) in [5, 5.41) is 0. The fraction of sp³-hybridized carbons (Fsp3) is 1.00. The zero-order chi connectivity index (χ0) is 12.7. The summed E-state index contributed by atoms with van der Waals surface area (Å²) in [7, 11) is 0. The summed E-state index contributed by atoms with van der Waals surface area (Å²) in [6.07, 6.45) is -8.05. The minimum Gasteiger partial charge on any atom is -0.325 e. The van der Waals surface area contributed by atoms with Crippen LogP contribution in [0.15, 0.2) is 0 Å². The molecule has 0 fully saturated rings. The first-order valence-electron chi connectivity index (χ1n) is 3.82. The average molecular weight is 241 g/mol. The molecule has 0 rings (SSSR count). The molecule has 2 N–H and O–H groups in total. The summed E-state index contributed by atoms with van der Waals surface area (Å²) < 4.78 is 84.8. The van der Waals surface area contributed by atoms with Gasteiger partial charge in [-0.05, 0) is 13.8 Å². The van der Waals surface area contributed by atoms with E-state index in [0.29, 0.717) is 0 Å². The van der Waals surface area contributed by atoms with Crippen LogP contribution in [0.5, 0.6) is 0 Å². The molecule has 0 amide bonds. The first-order chi connectivity index (χ1) is 6.21. The van der Waals surface area contributed by atoms with E-state index in [9.17, 15) is 30.7 Å². The summed E-state index contributed by atoms with van der Waals surface area (Å²) in [6, 6.07) is 0. The Balaban J connectivity index is 5.03. The van der Waals surface area contributed by atoms with Gasteiger partial charge in [-0.2, -0.15) is 30.7 Å². The Hall–Kier alpha value is -0.530. The van der Waals surface area contributed by atoms with Crippen molar-refractivity contribution in [1.29, 1.82) is 0 Å². The third kappa shape index (κ3) is 3.22. The molecule has 0 aliphatic rings. The van der Waals surface area contributed by atoms with Gasteiger partial charge in [-0.3, -0.25) is 0 Å². The van der Waals surface area contributed by atoms with Crippen molar-refractivity contribution in [2.45, 2.75) is 43.8 Å². The van der Waals surface area contributed by atoms with Crippen LogP contribution in [0.2, 0.25) is 0 Å². The molecule has 0 radical (unpaired) electrons. The number of nitrogens with two attached hydrogens (primary N) is 1. The molecule has 92 valence electrons. The smallest absolute Gasteiger partial charge is 0.325 e. The highest BCUT2D eigenvalue weighted by Gasteiger charge is 2.73. The van der Waals surface area contributed by atoms with Crippen LogP contribution < -0.4 is 5.73 Å². The van der Waals surface area contributed by atoms with Crippen molar-refractivity contribution in [3.05, 3.63) is 0 Å². The van der Waals surface area contributed by atoms with Crippen LogP contribution in [0, 0.1) is 0 Å². The largest absolute Gasteiger partial charge is 0.459 e. The molecule has 0 aliphatic carbocycles. The summed E-state index contributed by atoms with van der Waals surface area (Å²) in [5.41, 5.74) is 3.16. The van der Waals surface area contributed by atoms with E-state index >= 15 is 0 Å². The minimum atomic E-state index is -6.29. The van der Waals surface area contributed by atoms with E-state index in [2.05, 4.69) is 0 Å². The number of rotatable bonds is 3. The molecule has 0 aromatic rings. The van der Waals surface area contributed by atoms with Gasteiger partial charge in [-0.15, -0.1) is 0 Å². The Morgan fingerprint density at radius 3 is 1.40 bits per heavy atom. The minimum absolute atomic E-state index is 0.938. The second kappa shape index (κ2) is 3.50. The van der Waals surface area contributed by atoms with Gasteiger partial charge in [0, 0.05) is 12.0 Å². The maximum atomic E-state index is 12.6. The van der Waals surface area contributed by atoms with E-state index in [-0.39, 0.29) is 0 Å². The molecule has 0 aliphatic heterocycles. The summed E-state index contributed by atoms with van der Waals surface area (Å²) in [6.45, 7) is 1.88. The van der Waals surface area contributed by atoms with Gasteiger partial charge in [0.2, 0.25) is 0 Å². The molecule has 0 atom stereocenters. The van der Waals surface area contributed by atoms with Crippen molar-refractivity contribution in [3.8, 4) is 0 Å². The van der Waals surface area contributed by atoms with Crippen LogP contribution in [0.25, 0.3) is 0 Å². The molecule has 0 bridgehead atoms. The lowest BCUT2D eigenvalue weighted by atomic mass is 9.93. The van der Waals surface area contributed by atoms with Crippen molar-refractivity contribution in [3.63, 3.8) is 0 Å². The Labute approximate surface area is 81.4 Å². The predicted octanol–water partition coefficient (Wildman–Crippen LogP) is 2.95. The highest BCUT2D eigenvalue weighted by Crippen LogP contribution is 2.49. The SMILES string of the molecule is CC(C)(N)CC(F)(F)C(F)(F)C(F)(F)F. The van der Waals surface area contributed by atoms with E-state index in [0.717, 1.165) is 13.8 Å². The van der Waals surface area contributed by atoms with E-state index in [1.54, 1.807) is 0 Å². The third-order valence-electron chi connectivity index (χ3n) is 1.49. The molecule has 8 heteroatoms. The normalized spacial score (nSPS) is 15.6. The Bertz CT molecular complexity index is 224. The quantitative estimate of drug-likeness (QED) is 0.755. The second-order valence-corrected chi connectivity index (χ2v) is 3.94. The zero-order valence-electron chi connectivity index (χ0n) is 7.93. The molecular formula is C7H10F7N. The monoisotopic (exact) mass is 241 g/mol. The number of hydrogen-bond donors (Lipinski definition) is 1. The van der Waals surface area contributed by atoms with E-state index in [1.165, 1.54) is 0 Å². The highest BCUT2D eigenvalue weighted by atomic mass is 19.4. The topological polar surface area (TPSA) is 26.0 Å². The van der Waals surface area contributed by atoms with Gasteiger partial charge in [0.15, 0.2) is 0 Å². The molecule has 0 aromatic carbocycles. The van der Waals surface area contributed by atoms with Gasteiger partial charge < -0.3 is 5.73 Å². The molecule has 0 spiro atoms. The number of alkyl halides is 7. The predicted molar refractivity (Wildman–Crippen MR) is 38.8 cm³/mol. The zero-order valence-corrected chi connectivity index (χ0v) is 7.93. The van der Waals surface area contributed by atoms with Crippen LogP contribution in [0.1, 0.15) is 20.3 Å². The highest BCUT2D eigenvalue weighted by molar-refractivity contribution is 4.95. The molecule has 0 unspecified atom stereocenters. The van der Waals surface area contributed by atoms with Crippen molar-refractivity contribution >= 4 is 0 Å². The molecule has 0 saturated heterocycles. The lowest BCUT2D eigenvalue weighted by Crippen LogP contribution is -2.55. The van der Waals surface area contributed by atoms with Crippen molar-refractivity contribution in [1.82, 2.24) is 0 Å². The van der Waals surface area contributed by atoms with Gasteiger partial charge in [0.05, 0.1) is 0 Å². The first-order valence-corrected chi connectivity index (χ1v) is 3.82. The van der Waals surface area contributed by atoms with Crippen LogP contribution in [0.3, 0.4) is 0 Å². The molecule has 0 aromatic heterocycles. The Morgan fingerprint density at radius 2 is 1.20 bits per heavy atom. The van der Waals surface area contributed by atoms with E-state index in [1.807, 2.05) is 0 Å². The fourth-order valence-corrected chi connectivity index (χ4v) is 0.891. The average Bonchev–Trinajstić information content (AvgIpc) is 1.77. The van der Waals surface area contributed by atoms with Gasteiger partial charge in [-0.25, -0.2) is 0 Å². The Kier molecular flexibility index (Phi) is 3.37. The molecule has 1 nitrogen and oxygen atoms in total. The van der Waals surface area contributed by atoms with Crippen LogP contribution in [-0.4, -0.2) is 23.6 Å². The summed E-state index contributed by atoms with van der Waals surface area (Å²) in [5.74, 6) is -11.3. The molecule has 15 heavy (non-hydrogen) atoms. The lowest BCUT2D eigenvalue weighted by Gasteiger charge is -2.32. The van der Waals surface area contributed by atoms with Crippen molar-refractivity contribution in [2.24, 2.45) is 5.73 Å². The maximum absolute atomic E-state index is 12.6. The standard InChI is InChI=1S/C7H10F7N/c1-4(2,15)3-5(8,9)6(10,11)7(12,13)14/h3,15H2,1-2H3. The van der Waals surface area contributed by atoms with Gasteiger partial charge in [0.25, 0.3) is 0 Å². The van der Waals surface area contributed by atoms with E-state index in [4.69, 9.17) is 5.73 Å². The van der Waals surface area contributed by atoms with Crippen LogP contribution >= 0.6 is 0 Å². The molecule has 0 heterocycles. The number of hydrogen-bond acceptors (Lipinski definition) is 1. The van der Waals surface area contributed by atoms with E-state index < -0.39 is 30.0 Å². The molecule has 0 saturated carbocycles. The second-order valence-electron chi connectivity index (χ2n) is 3.94. The Morgan fingerprint density at radius 1 is 0.867 bits per heavy atom. The lowest BCUT2D eigenvalue weighted by molar-refractivity contribution is -0.357. The fourth-order valence-electron chi connectivity index (χ4n) is 0.891. The first kappa shape index (κ1) is 14.5. The van der Waals surface area contributed by atoms with Gasteiger partial charge in [0.1, 0.15) is 0 Å². The third-order valence-corrected chi connectivity index (χ3v) is 1.49.